The molecule has 0 fully saturated rings. The Labute approximate surface area is 113 Å². The minimum absolute atomic E-state index is 0.0489. The summed E-state index contributed by atoms with van der Waals surface area (Å²) < 4.78 is 15.4. The van der Waals surface area contributed by atoms with Crippen molar-refractivity contribution in [3.63, 3.8) is 0 Å². The van der Waals surface area contributed by atoms with Gasteiger partial charge >= 0.3 is 0 Å². The van der Waals surface area contributed by atoms with Gasteiger partial charge in [0.05, 0.1) is 17.4 Å². The molecule has 4 heteroatoms. The van der Waals surface area contributed by atoms with Gasteiger partial charge < -0.3 is 5.32 Å². The highest BCUT2D eigenvalue weighted by Crippen LogP contribution is 2.24. The summed E-state index contributed by atoms with van der Waals surface area (Å²) >= 11 is 0. The minimum Gasteiger partial charge on any atom is -0.308 e. The van der Waals surface area contributed by atoms with Gasteiger partial charge in [-0.1, -0.05) is 13.0 Å². The van der Waals surface area contributed by atoms with Crippen LogP contribution in [-0.2, 0) is 13.5 Å². The lowest BCUT2D eigenvalue weighted by Crippen LogP contribution is -2.20. The van der Waals surface area contributed by atoms with Gasteiger partial charge in [-0.05, 0) is 49.7 Å². The van der Waals surface area contributed by atoms with Gasteiger partial charge in [0, 0.05) is 7.05 Å². The van der Waals surface area contributed by atoms with Crippen molar-refractivity contribution >= 4 is 0 Å². The molecule has 1 aromatic heterocycles. The van der Waals surface area contributed by atoms with E-state index in [9.17, 15) is 4.39 Å². The molecule has 1 unspecified atom stereocenters. The van der Waals surface area contributed by atoms with Crippen LogP contribution in [0.15, 0.2) is 24.3 Å². The Morgan fingerprint density at radius 3 is 2.58 bits per heavy atom. The fourth-order valence-corrected chi connectivity index (χ4v) is 2.40. The lowest BCUT2D eigenvalue weighted by Gasteiger charge is -2.17. The molecular formula is C15H20FN3. The summed E-state index contributed by atoms with van der Waals surface area (Å²) in [6.07, 6.45) is 0.895. The second-order valence-electron chi connectivity index (χ2n) is 4.82. The summed E-state index contributed by atoms with van der Waals surface area (Å²) in [7, 11) is 3.80. The van der Waals surface area contributed by atoms with Crippen LogP contribution in [-0.4, -0.2) is 16.8 Å². The summed E-state index contributed by atoms with van der Waals surface area (Å²) in [4.78, 5) is 0. The zero-order valence-electron chi connectivity index (χ0n) is 11.9. The topological polar surface area (TPSA) is 29.9 Å². The predicted octanol–water partition coefficient (Wildman–Crippen LogP) is 2.74. The fourth-order valence-electron chi connectivity index (χ4n) is 2.40. The van der Waals surface area contributed by atoms with Crippen LogP contribution < -0.4 is 5.32 Å². The second kappa shape index (κ2) is 5.53. The molecule has 2 aromatic rings. The van der Waals surface area contributed by atoms with Crippen LogP contribution in [0.25, 0.3) is 0 Å². The molecule has 0 spiro atoms. The minimum atomic E-state index is -0.201. The summed E-state index contributed by atoms with van der Waals surface area (Å²) in [5.74, 6) is -0.201. The zero-order chi connectivity index (χ0) is 14.0. The Morgan fingerprint density at radius 2 is 2.05 bits per heavy atom. The Bertz CT molecular complexity index is 555. The van der Waals surface area contributed by atoms with Crippen molar-refractivity contribution < 1.29 is 4.39 Å². The third kappa shape index (κ3) is 2.84. The van der Waals surface area contributed by atoms with Crippen molar-refractivity contribution in [1.82, 2.24) is 15.1 Å². The summed E-state index contributed by atoms with van der Waals surface area (Å²) in [6.45, 7) is 3.98. The SMILES string of the molecule is CCc1cc(C(NC)c2cc(C)cc(F)c2)n(C)n1. The third-order valence-corrected chi connectivity index (χ3v) is 3.31. The van der Waals surface area contributed by atoms with Gasteiger partial charge in [0.2, 0.25) is 0 Å². The summed E-state index contributed by atoms with van der Waals surface area (Å²) in [6, 6.07) is 7.14. The van der Waals surface area contributed by atoms with E-state index in [2.05, 4.69) is 23.4 Å². The number of nitrogens with one attached hydrogen (secondary N) is 1. The van der Waals surface area contributed by atoms with Crippen molar-refractivity contribution in [2.45, 2.75) is 26.3 Å². The van der Waals surface area contributed by atoms with E-state index in [0.29, 0.717) is 0 Å². The monoisotopic (exact) mass is 261 g/mol. The molecule has 19 heavy (non-hydrogen) atoms. The number of hydrogen-bond donors (Lipinski definition) is 1. The van der Waals surface area contributed by atoms with Crippen molar-refractivity contribution in [2.24, 2.45) is 7.05 Å². The van der Waals surface area contributed by atoms with Crippen molar-refractivity contribution in [3.8, 4) is 0 Å². The largest absolute Gasteiger partial charge is 0.308 e. The highest BCUT2D eigenvalue weighted by Gasteiger charge is 2.17. The first-order chi connectivity index (χ1) is 9.05. The fraction of sp³-hybridized carbons (Fsp3) is 0.400. The molecule has 1 N–H and O–H groups in total. The number of benzene rings is 1. The third-order valence-electron chi connectivity index (χ3n) is 3.31. The van der Waals surface area contributed by atoms with Crippen LogP contribution >= 0.6 is 0 Å². The molecule has 0 aliphatic carbocycles. The van der Waals surface area contributed by atoms with E-state index in [1.165, 1.54) is 6.07 Å². The zero-order valence-corrected chi connectivity index (χ0v) is 11.9. The van der Waals surface area contributed by atoms with Gasteiger partial charge in [0.1, 0.15) is 5.82 Å². The number of nitrogens with zero attached hydrogens (tertiary/aromatic N) is 2. The van der Waals surface area contributed by atoms with Crippen LogP contribution in [0.5, 0.6) is 0 Å². The van der Waals surface area contributed by atoms with E-state index >= 15 is 0 Å². The normalized spacial score (nSPS) is 12.7. The molecule has 0 bridgehead atoms. The van der Waals surface area contributed by atoms with Gasteiger partial charge in [-0.15, -0.1) is 0 Å². The molecule has 102 valence electrons. The molecule has 1 aromatic carbocycles. The van der Waals surface area contributed by atoms with Crippen molar-refractivity contribution in [2.75, 3.05) is 7.05 Å². The number of halogens is 1. The first-order valence-corrected chi connectivity index (χ1v) is 6.52. The smallest absolute Gasteiger partial charge is 0.123 e. The molecule has 2 rings (SSSR count). The van der Waals surface area contributed by atoms with Crippen molar-refractivity contribution in [3.05, 3.63) is 52.6 Å². The van der Waals surface area contributed by atoms with Crippen LogP contribution in [0.1, 0.15) is 35.5 Å². The summed E-state index contributed by atoms with van der Waals surface area (Å²) in [5, 5.41) is 7.69. The number of aryl methyl sites for hydroxylation is 3. The van der Waals surface area contributed by atoms with Gasteiger partial charge in [-0.3, -0.25) is 4.68 Å². The maximum absolute atomic E-state index is 13.6. The van der Waals surface area contributed by atoms with E-state index in [0.717, 1.165) is 28.9 Å². The number of aromatic nitrogens is 2. The molecule has 0 saturated carbocycles. The van der Waals surface area contributed by atoms with Crippen LogP contribution in [0.3, 0.4) is 0 Å². The molecule has 0 radical (unpaired) electrons. The van der Waals surface area contributed by atoms with Gasteiger partial charge in [-0.2, -0.15) is 5.10 Å². The maximum Gasteiger partial charge on any atom is 0.123 e. The standard InChI is InChI=1S/C15H20FN3/c1-5-13-9-14(19(4)18-13)15(17-3)11-6-10(2)7-12(16)8-11/h6-9,15,17H,5H2,1-4H3. The quantitative estimate of drug-likeness (QED) is 0.917. The average molecular weight is 261 g/mol. The Morgan fingerprint density at radius 1 is 1.32 bits per heavy atom. The molecule has 0 aliphatic heterocycles. The molecule has 1 heterocycles. The van der Waals surface area contributed by atoms with Gasteiger partial charge in [0.15, 0.2) is 0 Å². The highest BCUT2D eigenvalue weighted by atomic mass is 19.1. The lowest BCUT2D eigenvalue weighted by molar-refractivity contribution is 0.589. The van der Waals surface area contributed by atoms with E-state index in [1.807, 2.05) is 31.8 Å². The van der Waals surface area contributed by atoms with Gasteiger partial charge in [0.25, 0.3) is 0 Å². The van der Waals surface area contributed by atoms with Crippen LogP contribution in [0.2, 0.25) is 0 Å². The molecule has 3 nitrogen and oxygen atoms in total. The van der Waals surface area contributed by atoms with Crippen LogP contribution in [0, 0.1) is 12.7 Å². The van der Waals surface area contributed by atoms with E-state index in [1.54, 1.807) is 6.07 Å². The first kappa shape index (κ1) is 13.7. The predicted molar refractivity (Wildman–Crippen MR) is 74.6 cm³/mol. The Kier molecular flexibility index (Phi) is 4.00. The molecule has 0 saturated heterocycles. The van der Waals surface area contributed by atoms with Gasteiger partial charge in [-0.25, -0.2) is 4.39 Å². The van der Waals surface area contributed by atoms with E-state index in [4.69, 9.17) is 0 Å². The first-order valence-electron chi connectivity index (χ1n) is 6.52. The maximum atomic E-state index is 13.6. The Balaban J connectivity index is 2.46. The summed E-state index contributed by atoms with van der Waals surface area (Å²) in [5.41, 5.74) is 3.94. The number of hydrogen-bond acceptors (Lipinski definition) is 2. The Hall–Kier alpha value is -1.68. The highest BCUT2D eigenvalue weighted by molar-refractivity contribution is 5.32. The lowest BCUT2D eigenvalue weighted by atomic mass is 10.0. The molecule has 0 aliphatic rings. The van der Waals surface area contributed by atoms with E-state index < -0.39 is 0 Å². The van der Waals surface area contributed by atoms with Crippen LogP contribution in [0.4, 0.5) is 4.39 Å². The number of rotatable bonds is 4. The molecular weight excluding hydrogens is 241 g/mol. The molecule has 1 atom stereocenters. The molecule has 0 amide bonds. The van der Waals surface area contributed by atoms with E-state index in [-0.39, 0.29) is 11.9 Å². The average Bonchev–Trinajstić information content (AvgIpc) is 2.71. The van der Waals surface area contributed by atoms with Crippen molar-refractivity contribution in [1.29, 1.82) is 0 Å². The second-order valence-corrected chi connectivity index (χ2v) is 4.82.